The van der Waals surface area contributed by atoms with E-state index in [2.05, 4.69) is 31.1 Å². The lowest BCUT2D eigenvalue weighted by molar-refractivity contribution is -0.119. The molecule has 1 aliphatic carbocycles. The monoisotopic (exact) mass is 393 g/mol. The van der Waals surface area contributed by atoms with E-state index in [1.807, 2.05) is 6.21 Å². The first-order valence-corrected chi connectivity index (χ1v) is 10.8. The summed E-state index contributed by atoms with van der Waals surface area (Å²) in [6.07, 6.45) is 5.01. The van der Waals surface area contributed by atoms with E-state index in [-0.39, 0.29) is 10.3 Å². The van der Waals surface area contributed by atoms with Gasteiger partial charge in [0, 0.05) is 12.8 Å². The molecule has 0 radical (unpaired) electrons. The molecule has 1 aliphatic rings. The lowest BCUT2D eigenvalue weighted by atomic mass is 9.93. The number of nitrogens with one attached hydrogen (secondary N) is 1. The van der Waals surface area contributed by atoms with Gasteiger partial charge in [0.1, 0.15) is 4.75 Å². The van der Waals surface area contributed by atoms with Gasteiger partial charge >= 0.3 is 0 Å². The van der Waals surface area contributed by atoms with Crippen LogP contribution in [0.25, 0.3) is 0 Å². The summed E-state index contributed by atoms with van der Waals surface area (Å²) in [6.45, 7) is 9.84. The molecule has 0 aliphatic heterocycles. The Balaban J connectivity index is 2.39. The number of nitrogens with two attached hydrogens (primary N) is 1. The third-order valence-corrected chi connectivity index (χ3v) is 7.18. The van der Waals surface area contributed by atoms with E-state index in [0.717, 1.165) is 18.7 Å². The van der Waals surface area contributed by atoms with Gasteiger partial charge < -0.3 is 11.1 Å². The maximum absolute atomic E-state index is 12.9. The zero-order valence-corrected chi connectivity index (χ0v) is 17.7. The van der Waals surface area contributed by atoms with Crippen LogP contribution in [0.3, 0.4) is 0 Å². The van der Waals surface area contributed by atoms with Crippen molar-refractivity contribution in [3.05, 3.63) is 18.2 Å². The molecule has 0 aromatic heterocycles. The summed E-state index contributed by atoms with van der Waals surface area (Å²) in [5, 5.41) is 3.36. The van der Waals surface area contributed by atoms with Crippen LogP contribution in [0.1, 0.15) is 53.9 Å². The number of benzene rings is 1. The molecule has 3 N–H and O–H groups in total. The molecule has 0 bridgehead atoms. The summed E-state index contributed by atoms with van der Waals surface area (Å²) in [6, 6.07) is 4.75. The van der Waals surface area contributed by atoms with Crippen molar-refractivity contribution in [2.75, 3.05) is 11.9 Å². The topological polar surface area (TPSA) is 102 Å². The van der Waals surface area contributed by atoms with E-state index >= 15 is 0 Å². The quantitative estimate of drug-likeness (QED) is 0.658. The molecule has 0 heterocycles. The fourth-order valence-electron chi connectivity index (χ4n) is 2.36. The highest BCUT2D eigenvalue weighted by atomic mass is 32.2. The summed E-state index contributed by atoms with van der Waals surface area (Å²) in [5.41, 5.74) is 6.75. The second kappa shape index (κ2) is 7.62. The molecule has 1 saturated carbocycles. The van der Waals surface area contributed by atoms with Crippen molar-refractivity contribution in [2.24, 2.45) is 22.1 Å². The van der Waals surface area contributed by atoms with Crippen LogP contribution in [-0.2, 0) is 14.6 Å². The number of carbonyl (C=O) groups excluding carboxylic acids is 1. The minimum Gasteiger partial charge on any atom is -0.383 e. The number of hydrogen-bond donors (Lipinski definition) is 2. The highest BCUT2D eigenvalue weighted by molar-refractivity contribution is 7.93. The summed E-state index contributed by atoms with van der Waals surface area (Å²) in [7, 11) is -3.93. The van der Waals surface area contributed by atoms with Gasteiger partial charge in [-0.25, -0.2) is 8.42 Å². The minimum absolute atomic E-state index is 0.0474. The molecule has 0 unspecified atom stereocenters. The third kappa shape index (κ3) is 5.31. The van der Waals surface area contributed by atoms with Gasteiger partial charge in [0.25, 0.3) is 0 Å². The van der Waals surface area contributed by atoms with Crippen LogP contribution in [0.2, 0.25) is 0 Å². The number of rotatable bonds is 8. The molecule has 2 rings (SSSR count). The molecular weight excluding hydrogens is 362 g/mol. The Bertz CT molecular complexity index is 833. The Morgan fingerprint density at radius 2 is 1.89 bits per heavy atom. The normalized spacial score (nSPS) is 15.9. The molecule has 150 valence electrons. The molecule has 0 spiro atoms. The third-order valence-electron chi connectivity index (χ3n) is 4.76. The molecule has 1 fully saturated rings. The average molecular weight is 394 g/mol. The predicted molar refractivity (Wildman–Crippen MR) is 110 cm³/mol. The van der Waals surface area contributed by atoms with Crippen LogP contribution in [-0.4, -0.2) is 31.8 Å². The van der Waals surface area contributed by atoms with Crippen LogP contribution >= 0.6 is 0 Å². The SMILES string of the molecule is CC(C)(C)CC=Nc1cc(S(=O)(=O)C(C)(C)C(N)=O)ccc1NCC1CC1. The van der Waals surface area contributed by atoms with Crippen LogP contribution in [0, 0.1) is 11.3 Å². The van der Waals surface area contributed by atoms with E-state index in [4.69, 9.17) is 5.73 Å². The summed E-state index contributed by atoms with van der Waals surface area (Å²) in [4.78, 5) is 16.2. The van der Waals surface area contributed by atoms with E-state index in [0.29, 0.717) is 11.6 Å². The zero-order chi connectivity index (χ0) is 20.5. The van der Waals surface area contributed by atoms with Gasteiger partial charge in [0.15, 0.2) is 9.84 Å². The van der Waals surface area contributed by atoms with Crippen molar-refractivity contribution in [1.82, 2.24) is 0 Å². The van der Waals surface area contributed by atoms with Gasteiger partial charge in [0.2, 0.25) is 5.91 Å². The number of aliphatic imine (C=N–C) groups is 1. The number of amides is 1. The van der Waals surface area contributed by atoms with Gasteiger partial charge in [-0.2, -0.15) is 0 Å². The first-order valence-electron chi connectivity index (χ1n) is 9.29. The summed E-state index contributed by atoms with van der Waals surface area (Å²) in [5.74, 6) is -0.204. The van der Waals surface area contributed by atoms with Crippen LogP contribution in [0.4, 0.5) is 11.4 Å². The molecule has 1 aromatic carbocycles. The van der Waals surface area contributed by atoms with Gasteiger partial charge in [-0.1, -0.05) is 20.8 Å². The fourth-order valence-corrected chi connectivity index (χ4v) is 3.72. The number of primary amides is 1. The smallest absolute Gasteiger partial charge is 0.238 e. The minimum atomic E-state index is -3.93. The van der Waals surface area contributed by atoms with E-state index in [9.17, 15) is 13.2 Å². The molecule has 6 nitrogen and oxygen atoms in total. The Morgan fingerprint density at radius 3 is 2.41 bits per heavy atom. The Morgan fingerprint density at radius 1 is 1.26 bits per heavy atom. The predicted octanol–water partition coefficient (Wildman–Crippen LogP) is 3.68. The van der Waals surface area contributed by atoms with Gasteiger partial charge in [0.05, 0.1) is 16.3 Å². The van der Waals surface area contributed by atoms with Gasteiger partial charge in [-0.3, -0.25) is 9.79 Å². The molecule has 1 amide bonds. The second-order valence-corrected chi connectivity index (χ2v) is 11.5. The average Bonchev–Trinajstić information content (AvgIpc) is 3.36. The molecule has 7 heteroatoms. The number of anilines is 1. The molecule has 27 heavy (non-hydrogen) atoms. The van der Waals surface area contributed by atoms with Crippen molar-refractivity contribution in [3.63, 3.8) is 0 Å². The maximum Gasteiger partial charge on any atom is 0.238 e. The van der Waals surface area contributed by atoms with Crippen LogP contribution < -0.4 is 11.1 Å². The number of hydrogen-bond acceptors (Lipinski definition) is 5. The Labute approximate surface area is 162 Å². The Kier molecular flexibility index (Phi) is 6.04. The summed E-state index contributed by atoms with van der Waals surface area (Å²) >= 11 is 0. The van der Waals surface area contributed by atoms with Crippen LogP contribution in [0.5, 0.6) is 0 Å². The first kappa shape index (κ1) is 21.4. The lowest BCUT2D eigenvalue weighted by Crippen LogP contribution is -2.45. The van der Waals surface area contributed by atoms with Crippen molar-refractivity contribution in [3.8, 4) is 0 Å². The number of nitrogens with zero attached hydrogens (tertiary/aromatic N) is 1. The van der Waals surface area contributed by atoms with Crippen molar-refractivity contribution in [2.45, 2.75) is 63.5 Å². The molecular formula is C20H31N3O3S. The van der Waals surface area contributed by atoms with E-state index < -0.39 is 20.5 Å². The zero-order valence-electron chi connectivity index (χ0n) is 16.9. The highest BCUT2D eigenvalue weighted by Crippen LogP contribution is 2.35. The van der Waals surface area contributed by atoms with Crippen molar-refractivity contribution >= 4 is 33.3 Å². The van der Waals surface area contributed by atoms with Gasteiger partial charge in [-0.05, 0) is 62.6 Å². The largest absolute Gasteiger partial charge is 0.383 e. The van der Waals surface area contributed by atoms with E-state index in [1.54, 1.807) is 6.07 Å². The van der Waals surface area contributed by atoms with Crippen molar-refractivity contribution in [1.29, 1.82) is 0 Å². The van der Waals surface area contributed by atoms with Crippen molar-refractivity contribution < 1.29 is 13.2 Å². The molecule has 0 atom stereocenters. The van der Waals surface area contributed by atoms with Crippen LogP contribution in [0.15, 0.2) is 28.1 Å². The first-order chi connectivity index (χ1) is 12.3. The maximum atomic E-state index is 12.9. The number of carbonyl (C=O) groups is 1. The number of sulfone groups is 1. The lowest BCUT2D eigenvalue weighted by Gasteiger charge is -2.21. The molecule has 0 saturated heterocycles. The molecule has 1 aromatic rings. The highest BCUT2D eigenvalue weighted by Gasteiger charge is 2.41. The summed E-state index contributed by atoms with van der Waals surface area (Å²) < 4.78 is 24.1. The Hall–Kier alpha value is -1.89. The second-order valence-electron chi connectivity index (χ2n) is 8.96. The standard InChI is InChI=1S/C20H31N3O3S/c1-19(2,3)10-11-22-17-12-15(27(25,26)20(4,5)18(21)24)8-9-16(17)23-13-14-6-7-14/h8-9,11-12,14,23H,6-7,10,13H2,1-5H3,(H2,21,24). The fraction of sp³-hybridized carbons (Fsp3) is 0.600. The van der Waals surface area contributed by atoms with E-state index in [1.165, 1.54) is 38.8 Å². The van der Waals surface area contributed by atoms with Gasteiger partial charge in [-0.15, -0.1) is 0 Å².